The van der Waals surface area contributed by atoms with Crippen LogP contribution < -0.4 is 4.74 Å². The van der Waals surface area contributed by atoms with Crippen molar-refractivity contribution in [2.45, 2.75) is 50.0 Å². The summed E-state index contributed by atoms with van der Waals surface area (Å²) in [6.45, 7) is 0.234. The van der Waals surface area contributed by atoms with E-state index in [0.29, 0.717) is 11.8 Å². The fourth-order valence-corrected chi connectivity index (χ4v) is 7.42. The molecule has 148 valence electrons. The standard InChI is InChI=1S/C22H24ClNO3S/c1-26-18-4-2-16(3-5-18)19-24-17(12-28-19)11-27-20(25)21-7-14-6-15(8-21)10-22(23,9-14)13-21/h2-5,12,14-15H,6-11,13H2,1H3/t14-,15+,21?,22?. The molecule has 1 heterocycles. The Hall–Kier alpha value is -1.59. The second-order valence-electron chi connectivity index (χ2n) is 8.84. The van der Waals surface area contributed by atoms with Crippen molar-refractivity contribution in [1.29, 1.82) is 0 Å². The first-order valence-electron chi connectivity index (χ1n) is 9.92. The average Bonchev–Trinajstić information content (AvgIpc) is 3.13. The molecule has 4 aliphatic rings. The molecule has 0 saturated heterocycles. The molecule has 0 amide bonds. The molecule has 1 aromatic carbocycles. The van der Waals surface area contributed by atoms with Crippen LogP contribution in [0.2, 0.25) is 0 Å². The number of aromatic nitrogens is 1. The molecular weight excluding hydrogens is 394 g/mol. The maximum Gasteiger partial charge on any atom is 0.312 e. The van der Waals surface area contributed by atoms with Crippen LogP contribution >= 0.6 is 22.9 Å². The van der Waals surface area contributed by atoms with E-state index in [1.165, 1.54) is 6.42 Å². The van der Waals surface area contributed by atoms with Crippen LogP contribution in [0.15, 0.2) is 29.6 Å². The number of halogens is 1. The molecule has 0 N–H and O–H groups in total. The summed E-state index contributed by atoms with van der Waals surface area (Å²) in [4.78, 5) is 17.5. The SMILES string of the molecule is COc1ccc(-c2nc(COC(=O)C34C[C@@H]5C[C@@H](CC(Cl)(C5)C3)C4)cs2)cc1. The quantitative estimate of drug-likeness (QED) is 0.480. The molecule has 4 fully saturated rings. The average molecular weight is 418 g/mol. The van der Waals surface area contributed by atoms with E-state index in [-0.39, 0.29) is 22.9 Å². The third-order valence-electron chi connectivity index (χ3n) is 6.66. The molecule has 0 spiro atoms. The van der Waals surface area contributed by atoms with Crippen LogP contribution in [0.3, 0.4) is 0 Å². The third-order valence-corrected chi connectivity index (χ3v) is 8.04. The Kier molecular flexibility index (Phi) is 4.44. The molecule has 4 nitrogen and oxygen atoms in total. The number of rotatable bonds is 5. The first-order chi connectivity index (χ1) is 13.5. The highest BCUT2D eigenvalue weighted by molar-refractivity contribution is 7.13. The molecular formula is C22H24ClNO3S. The van der Waals surface area contributed by atoms with Crippen molar-refractivity contribution in [3.8, 4) is 16.3 Å². The molecule has 4 bridgehead atoms. The lowest BCUT2D eigenvalue weighted by molar-refractivity contribution is -0.171. The topological polar surface area (TPSA) is 48.4 Å². The molecule has 0 aliphatic heterocycles. The van der Waals surface area contributed by atoms with Crippen LogP contribution in [0.4, 0.5) is 0 Å². The van der Waals surface area contributed by atoms with Crippen LogP contribution in [0.1, 0.15) is 44.2 Å². The fraction of sp³-hybridized carbons (Fsp3) is 0.545. The minimum atomic E-state index is -0.360. The van der Waals surface area contributed by atoms with E-state index in [9.17, 15) is 4.79 Å². The van der Waals surface area contributed by atoms with Crippen molar-refractivity contribution in [2.75, 3.05) is 7.11 Å². The van der Waals surface area contributed by atoms with Gasteiger partial charge in [-0.25, -0.2) is 4.98 Å². The lowest BCUT2D eigenvalue weighted by Gasteiger charge is -2.58. The smallest absolute Gasteiger partial charge is 0.312 e. The van der Waals surface area contributed by atoms with Gasteiger partial charge in [0.25, 0.3) is 0 Å². The van der Waals surface area contributed by atoms with Gasteiger partial charge in [-0.2, -0.15) is 0 Å². The summed E-state index contributed by atoms with van der Waals surface area (Å²) in [5, 5.41) is 2.89. The maximum absolute atomic E-state index is 13.0. The van der Waals surface area contributed by atoms with Crippen LogP contribution in [0, 0.1) is 17.3 Å². The van der Waals surface area contributed by atoms with E-state index in [4.69, 9.17) is 21.1 Å². The van der Waals surface area contributed by atoms with Crippen LogP contribution in [0.25, 0.3) is 10.6 Å². The molecule has 6 heteroatoms. The zero-order valence-corrected chi connectivity index (χ0v) is 17.5. The molecule has 28 heavy (non-hydrogen) atoms. The summed E-state index contributed by atoms with van der Waals surface area (Å²) >= 11 is 8.41. The molecule has 2 aromatic rings. The van der Waals surface area contributed by atoms with Gasteiger partial charge in [0.05, 0.1) is 18.2 Å². The number of alkyl halides is 1. The molecule has 2 unspecified atom stereocenters. The number of esters is 1. The van der Waals surface area contributed by atoms with Crippen molar-refractivity contribution < 1.29 is 14.3 Å². The fourth-order valence-electron chi connectivity index (χ4n) is 5.92. The van der Waals surface area contributed by atoms with Gasteiger partial charge < -0.3 is 9.47 Å². The van der Waals surface area contributed by atoms with E-state index >= 15 is 0 Å². The van der Waals surface area contributed by atoms with Gasteiger partial charge in [-0.15, -0.1) is 22.9 Å². The number of benzene rings is 1. The second kappa shape index (κ2) is 6.74. The van der Waals surface area contributed by atoms with E-state index in [2.05, 4.69) is 4.98 Å². The van der Waals surface area contributed by atoms with Crippen molar-refractivity contribution in [3.63, 3.8) is 0 Å². The van der Waals surface area contributed by atoms with Crippen molar-refractivity contribution in [3.05, 3.63) is 35.3 Å². The zero-order valence-electron chi connectivity index (χ0n) is 15.9. The summed E-state index contributed by atoms with van der Waals surface area (Å²) in [5.41, 5.74) is 1.48. The van der Waals surface area contributed by atoms with Gasteiger partial charge in [0.2, 0.25) is 0 Å². The number of carbonyl (C=O) groups is 1. The van der Waals surface area contributed by atoms with Gasteiger partial charge in [0.1, 0.15) is 17.4 Å². The van der Waals surface area contributed by atoms with Gasteiger partial charge in [-0.05, 0) is 74.6 Å². The minimum Gasteiger partial charge on any atom is -0.497 e. The largest absolute Gasteiger partial charge is 0.497 e. The van der Waals surface area contributed by atoms with Gasteiger partial charge in [0.15, 0.2) is 0 Å². The predicted octanol–water partition coefficient (Wildman–Crippen LogP) is 5.44. The monoisotopic (exact) mass is 417 g/mol. The van der Waals surface area contributed by atoms with Crippen molar-refractivity contribution in [2.24, 2.45) is 17.3 Å². The first-order valence-corrected chi connectivity index (χ1v) is 11.2. The van der Waals surface area contributed by atoms with Gasteiger partial charge in [-0.1, -0.05) is 0 Å². The summed E-state index contributed by atoms with van der Waals surface area (Å²) in [5.74, 6) is 1.94. The summed E-state index contributed by atoms with van der Waals surface area (Å²) in [7, 11) is 1.65. The first kappa shape index (κ1) is 18.4. The molecule has 0 radical (unpaired) electrons. The number of ether oxygens (including phenoxy) is 2. The van der Waals surface area contributed by atoms with Crippen LogP contribution in [0.5, 0.6) is 5.75 Å². The van der Waals surface area contributed by atoms with Crippen LogP contribution in [-0.4, -0.2) is 22.9 Å². The lowest BCUT2D eigenvalue weighted by Crippen LogP contribution is -2.56. The Bertz CT molecular complexity index is 879. The number of nitrogens with zero attached hydrogens (tertiary/aromatic N) is 1. The highest BCUT2D eigenvalue weighted by Crippen LogP contribution is 2.64. The van der Waals surface area contributed by atoms with Crippen molar-refractivity contribution in [1.82, 2.24) is 4.98 Å². The van der Waals surface area contributed by atoms with Crippen molar-refractivity contribution >= 4 is 28.9 Å². The van der Waals surface area contributed by atoms with E-state index < -0.39 is 0 Å². The third kappa shape index (κ3) is 3.22. The Balaban J connectivity index is 1.25. The Morgan fingerprint density at radius 1 is 1.21 bits per heavy atom. The summed E-state index contributed by atoms with van der Waals surface area (Å²) in [6, 6.07) is 7.82. The number of hydrogen-bond acceptors (Lipinski definition) is 5. The normalized spacial score (nSPS) is 33.1. The molecule has 6 rings (SSSR count). The van der Waals surface area contributed by atoms with E-state index in [1.807, 2.05) is 29.6 Å². The summed E-state index contributed by atoms with van der Waals surface area (Å²) in [6.07, 6.45) is 6.05. The maximum atomic E-state index is 13.0. The minimum absolute atomic E-state index is 0.0642. The Morgan fingerprint density at radius 2 is 1.93 bits per heavy atom. The number of thiazole rings is 1. The summed E-state index contributed by atoms with van der Waals surface area (Å²) < 4.78 is 11.0. The van der Waals surface area contributed by atoms with Gasteiger partial charge in [0, 0.05) is 15.8 Å². The second-order valence-corrected chi connectivity index (χ2v) is 10.5. The lowest BCUT2D eigenvalue weighted by atomic mass is 9.49. The zero-order chi connectivity index (χ0) is 19.4. The number of hydrogen-bond donors (Lipinski definition) is 0. The van der Waals surface area contributed by atoms with E-state index in [0.717, 1.165) is 54.1 Å². The van der Waals surface area contributed by atoms with Gasteiger partial charge >= 0.3 is 5.97 Å². The molecule has 1 aromatic heterocycles. The predicted molar refractivity (Wildman–Crippen MR) is 110 cm³/mol. The Morgan fingerprint density at radius 3 is 2.57 bits per heavy atom. The molecule has 4 saturated carbocycles. The highest BCUT2D eigenvalue weighted by atomic mass is 35.5. The molecule has 4 atom stereocenters. The van der Waals surface area contributed by atoms with Gasteiger partial charge in [-0.3, -0.25) is 4.79 Å². The molecule has 4 aliphatic carbocycles. The van der Waals surface area contributed by atoms with E-state index in [1.54, 1.807) is 18.4 Å². The van der Waals surface area contributed by atoms with Crippen LogP contribution in [-0.2, 0) is 16.1 Å². The highest BCUT2D eigenvalue weighted by Gasteiger charge is 2.60. The Labute approximate surface area is 174 Å². The number of carbonyl (C=O) groups excluding carboxylic acids is 1. The number of methoxy groups -OCH3 is 1.